The molecular weight excluding hydrogens is 320 g/mol. The zero-order valence-electron chi connectivity index (χ0n) is 14.4. The normalized spacial score (nSPS) is 15.4. The number of sulfonamides is 1. The third kappa shape index (κ3) is 3.32. The van der Waals surface area contributed by atoms with E-state index in [1.807, 2.05) is 26.0 Å². The van der Waals surface area contributed by atoms with Crippen molar-refractivity contribution in [1.29, 1.82) is 0 Å². The minimum Gasteiger partial charge on any atom is -0.367 e. The molecule has 1 aliphatic heterocycles. The summed E-state index contributed by atoms with van der Waals surface area (Å²) in [6, 6.07) is 13.7. The van der Waals surface area contributed by atoms with Gasteiger partial charge in [0.25, 0.3) is 0 Å². The highest BCUT2D eigenvalue weighted by molar-refractivity contribution is 7.89. The molecule has 0 radical (unpaired) electrons. The van der Waals surface area contributed by atoms with E-state index in [0.29, 0.717) is 11.4 Å². The number of para-hydroxylation sites is 1. The monoisotopic (exact) mass is 344 g/mol. The Morgan fingerprint density at radius 1 is 1.12 bits per heavy atom. The fourth-order valence-corrected chi connectivity index (χ4v) is 4.33. The summed E-state index contributed by atoms with van der Waals surface area (Å²) in [6.45, 7) is 7.30. The maximum Gasteiger partial charge on any atom is 0.240 e. The molecule has 0 amide bonds. The lowest BCUT2D eigenvalue weighted by atomic mass is 10.1. The van der Waals surface area contributed by atoms with E-state index in [1.165, 1.54) is 11.3 Å². The molecule has 1 N–H and O–H groups in total. The lowest BCUT2D eigenvalue weighted by molar-refractivity contribution is 0.566. The molecular formula is C19H24N2O2S. The number of benzene rings is 2. The standard InChI is InChI=1S/C19H24N2O2S/c1-14-8-9-18(12-15(14)2)24(22,23)20-13-16(3)21-11-10-17-6-4-5-7-19(17)21/h4-9,12,16,20H,10-11,13H2,1-3H3. The maximum atomic E-state index is 12.5. The van der Waals surface area contributed by atoms with E-state index >= 15 is 0 Å². The molecule has 0 spiro atoms. The molecule has 4 nitrogen and oxygen atoms in total. The fraction of sp³-hybridized carbons (Fsp3) is 0.368. The average molecular weight is 344 g/mol. The van der Waals surface area contributed by atoms with Gasteiger partial charge in [-0.1, -0.05) is 24.3 Å². The van der Waals surface area contributed by atoms with Gasteiger partial charge in [0, 0.05) is 24.8 Å². The van der Waals surface area contributed by atoms with E-state index in [9.17, 15) is 8.42 Å². The molecule has 2 aromatic carbocycles. The van der Waals surface area contributed by atoms with Crippen molar-refractivity contribution in [3.8, 4) is 0 Å². The summed E-state index contributed by atoms with van der Waals surface area (Å²) in [5.74, 6) is 0. The topological polar surface area (TPSA) is 49.4 Å². The van der Waals surface area contributed by atoms with Crippen LogP contribution in [0.1, 0.15) is 23.6 Å². The Balaban J connectivity index is 1.70. The van der Waals surface area contributed by atoms with Crippen molar-refractivity contribution in [3.05, 3.63) is 59.2 Å². The highest BCUT2D eigenvalue weighted by Gasteiger charge is 2.24. The molecule has 3 rings (SSSR count). The van der Waals surface area contributed by atoms with E-state index in [0.717, 1.165) is 24.1 Å². The number of nitrogens with one attached hydrogen (secondary N) is 1. The van der Waals surface area contributed by atoms with Crippen molar-refractivity contribution in [2.45, 2.75) is 38.1 Å². The van der Waals surface area contributed by atoms with Crippen LogP contribution in [-0.4, -0.2) is 27.5 Å². The van der Waals surface area contributed by atoms with E-state index in [4.69, 9.17) is 0 Å². The van der Waals surface area contributed by atoms with Gasteiger partial charge in [0.05, 0.1) is 4.90 Å². The Hall–Kier alpha value is -1.85. The predicted molar refractivity (Wildman–Crippen MR) is 98.1 cm³/mol. The number of aryl methyl sites for hydroxylation is 2. The van der Waals surface area contributed by atoms with Crippen molar-refractivity contribution in [1.82, 2.24) is 4.72 Å². The van der Waals surface area contributed by atoms with Gasteiger partial charge in [-0.3, -0.25) is 0 Å². The lowest BCUT2D eigenvalue weighted by Crippen LogP contribution is -2.41. The summed E-state index contributed by atoms with van der Waals surface area (Å²) in [5, 5.41) is 0. The molecule has 0 saturated heterocycles. The van der Waals surface area contributed by atoms with E-state index < -0.39 is 10.0 Å². The fourth-order valence-electron chi connectivity index (χ4n) is 3.13. The number of fused-ring (bicyclic) bond motifs is 1. The largest absolute Gasteiger partial charge is 0.367 e. The van der Waals surface area contributed by atoms with Gasteiger partial charge in [-0.05, 0) is 62.1 Å². The van der Waals surface area contributed by atoms with Gasteiger partial charge in [-0.25, -0.2) is 13.1 Å². The zero-order chi connectivity index (χ0) is 17.3. The lowest BCUT2D eigenvalue weighted by Gasteiger charge is -2.27. The minimum atomic E-state index is -3.48. The van der Waals surface area contributed by atoms with Crippen molar-refractivity contribution in [2.24, 2.45) is 0 Å². The Morgan fingerprint density at radius 3 is 2.62 bits per heavy atom. The first-order valence-electron chi connectivity index (χ1n) is 8.30. The van der Waals surface area contributed by atoms with Crippen molar-refractivity contribution in [3.63, 3.8) is 0 Å². The first-order valence-corrected chi connectivity index (χ1v) is 9.78. The second kappa shape index (κ2) is 6.57. The summed E-state index contributed by atoms with van der Waals surface area (Å²) in [5.41, 5.74) is 4.63. The van der Waals surface area contributed by atoms with Crippen LogP contribution < -0.4 is 9.62 Å². The van der Waals surface area contributed by atoms with Gasteiger partial charge in [0.2, 0.25) is 10.0 Å². The first-order chi connectivity index (χ1) is 11.4. The third-order valence-electron chi connectivity index (χ3n) is 4.81. The molecule has 2 aromatic rings. The molecule has 0 bridgehead atoms. The van der Waals surface area contributed by atoms with Crippen LogP contribution in [0, 0.1) is 13.8 Å². The SMILES string of the molecule is Cc1ccc(S(=O)(=O)NCC(C)N2CCc3ccccc32)cc1C. The Morgan fingerprint density at radius 2 is 1.88 bits per heavy atom. The molecule has 24 heavy (non-hydrogen) atoms. The number of anilines is 1. The van der Waals surface area contributed by atoms with Gasteiger partial charge in [0.1, 0.15) is 0 Å². The van der Waals surface area contributed by atoms with Crippen LogP contribution in [0.4, 0.5) is 5.69 Å². The summed E-state index contributed by atoms with van der Waals surface area (Å²) in [6.07, 6.45) is 1.02. The highest BCUT2D eigenvalue weighted by Crippen LogP contribution is 2.29. The van der Waals surface area contributed by atoms with Crippen LogP contribution >= 0.6 is 0 Å². The zero-order valence-corrected chi connectivity index (χ0v) is 15.2. The number of rotatable bonds is 5. The van der Waals surface area contributed by atoms with Crippen LogP contribution in [0.15, 0.2) is 47.4 Å². The van der Waals surface area contributed by atoms with Crippen molar-refractivity contribution < 1.29 is 8.42 Å². The van der Waals surface area contributed by atoms with E-state index in [2.05, 4.69) is 34.7 Å². The van der Waals surface area contributed by atoms with Crippen LogP contribution in [0.2, 0.25) is 0 Å². The van der Waals surface area contributed by atoms with Gasteiger partial charge in [-0.15, -0.1) is 0 Å². The molecule has 1 heterocycles. The molecule has 5 heteroatoms. The summed E-state index contributed by atoms with van der Waals surface area (Å²) < 4.78 is 27.8. The van der Waals surface area contributed by atoms with E-state index in [-0.39, 0.29) is 6.04 Å². The van der Waals surface area contributed by atoms with Crippen molar-refractivity contribution in [2.75, 3.05) is 18.0 Å². The summed E-state index contributed by atoms with van der Waals surface area (Å²) in [7, 11) is -3.48. The Labute approximate surface area is 144 Å². The van der Waals surface area contributed by atoms with E-state index in [1.54, 1.807) is 12.1 Å². The summed E-state index contributed by atoms with van der Waals surface area (Å²) >= 11 is 0. The minimum absolute atomic E-state index is 0.106. The van der Waals surface area contributed by atoms with Gasteiger partial charge >= 0.3 is 0 Å². The second-order valence-corrected chi connectivity index (χ2v) is 8.29. The molecule has 1 aliphatic rings. The third-order valence-corrected chi connectivity index (χ3v) is 6.23. The smallest absolute Gasteiger partial charge is 0.240 e. The predicted octanol–water partition coefficient (Wildman–Crippen LogP) is 3.03. The van der Waals surface area contributed by atoms with Crippen LogP contribution in [0.3, 0.4) is 0 Å². The molecule has 0 aromatic heterocycles. The number of nitrogens with zero attached hydrogens (tertiary/aromatic N) is 1. The Bertz CT molecular complexity index is 846. The van der Waals surface area contributed by atoms with Gasteiger partial charge < -0.3 is 4.90 Å². The molecule has 1 atom stereocenters. The molecule has 0 aliphatic carbocycles. The van der Waals surface area contributed by atoms with Gasteiger partial charge in [0.15, 0.2) is 0 Å². The second-order valence-electron chi connectivity index (χ2n) is 6.52. The number of hydrogen-bond donors (Lipinski definition) is 1. The highest BCUT2D eigenvalue weighted by atomic mass is 32.2. The maximum absolute atomic E-state index is 12.5. The number of hydrogen-bond acceptors (Lipinski definition) is 3. The summed E-state index contributed by atoms with van der Waals surface area (Å²) in [4.78, 5) is 2.61. The quantitative estimate of drug-likeness (QED) is 0.907. The van der Waals surface area contributed by atoms with Crippen LogP contribution in [0.25, 0.3) is 0 Å². The molecule has 0 fully saturated rings. The van der Waals surface area contributed by atoms with Crippen LogP contribution in [0.5, 0.6) is 0 Å². The van der Waals surface area contributed by atoms with Crippen molar-refractivity contribution >= 4 is 15.7 Å². The molecule has 1 unspecified atom stereocenters. The first kappa shape index (κ1) is 17.0. The van der Waals surface area contributed by atoms with Crippen LogP contribution in [-0.2, 0) is 16.4 Å². The van der Waals surface area contributed by atoms with Gasteiger partial charge in [-0.2, -0.15) is 0 Å². The Kier molecular flexibility index (Phi) is 4.65. The average Bonchev–Trinajstić information content (AvgIpc) is 2.99. The molecule has 0 saturated carbocycles. The molecule has 128 valence electrons.